The summed E-state index contributed by atoms with van der Waals surface area (Å²) in [6.45, 7) is 3.47. The summed E-state index contributed by atoms with van der Waals surface area (Å²) in [4.78, 5) is 28.5. The van der Waals surface area contributed by atoms with Gasteiger partial charge in [0.15, 0.2) is 5.13 Å². The van der Waals surface area contributed by atoms with Crippen LogP contribution >= 0.6 is 11.3 Å². The third kappa shape index (κ3) is 4.92. The van der Waals surface area contributed by atoms with Crippen LogP contribution in [-0.4, -0.2) is 31.8 Å². The first-order valence-electron chi connectivity index (χ1n) is 10.5. The van der Waals surface area contributed by atoms with Gasteiger partial charge in [0.05, 0.1) is 20.8 Å². The summed E-state index contributed by atoms with van der Waals surface area (Å²) in [5, 5.41) is 5.86. The number of nitrogens with one attached hydrogen (secondary N) is 2. The largest absolute Gasteiger partial charge is 0.326 e. The van der Waals surface area contributed by atoms with Crippen LogP contribution in [0.5, 0.6) is 0 Å². The summed E-state index contributed by atoms with van der Waals surface area (Å²) in [5.41, 5.74) is 2.22. The number of sulfonamides is 1. The molecule has 0 saturated heterocycles. The molecule has 0 aliphatic carbocycles. The molecule has 0 atom stereocenters. The zero-order valence-corrected chi connectivity index (χ0v) is 20.1. The second-order valence-corrected chi connectivity index (χ2v) is 10.3. The number of aromatic nitrogens is 1. The first-order valence-corrected chi connectivity index (χ1v) is 12.7. The Bertz CT molecular complexity index is 1450. The number of fused-ring (bicyclic) bond motifs is 1. The van der Waals surface area contributed by atoms with Gasteiger partial charge in [0, 0.05) is 24.7 Å². The van der Waals surface area contributed by atoms with Crippen LogP contribution in [0.1, 0.15) is 24.2 Å². The van der Waals surface area contributed by atoms with Gasteiger partial charge in [-0.05, 0) is 61.5 Å². The molecule has 1 heterocycles. The summed E-state index contributed by atoms with van der Waals surface area (Å²) in [5.74, 6) is -0.575. The van der Waals surface area contributed by atoms with Crippen molar-refractivity contribution in [2.24, 2.45) is 0 Å². The van der Waals surface area contributed by atoms with Crippen molar-refractivity contribution >= 4 is 59.9 Å². The van der Waals surface area contributed by atoms with Crippen LogP contribution in [0.4, 0.5) is 16.5 Å². The average molecular weight is 495 g/mol. The van der Waals surface area contributed by atoms with Gasteiger partial charge < -0.3 is 5.32 Å². The molecule has 0 saturated carbocycles. The molecule has 8 nitrogen and oxygen atoms in total. The van der Waals surface area contributed by atoms with Gasteiger partial charge in [-0.1, -0.05) is 29.5 Å². The number of para-hydroxylation sites is 1. The number of thiazole rings is 1. The third-order valence-electron chi connectivity index (χ3n) is 4.97. The van der Waals surface area contributed by atoms with E-state index in [0.717, 1.165) is 4.70 Å². The lowest BCUT2D eigenvalue weighted by Gasteiger charge is -2.22. The second kappa shape index (κ2) is 9.62. The summed E-state index contributed by atoms with van der Waals surface area (Å²) < 4.78 is 28.4. The number of amides is 2. The lowest BCUT2D eigenvalue weighted by Crippen LogP contribution is -2.30. The fourth-order valence-corrected chi connectivity index (χ4v) is 5.79. The molecule has 0 fully saturated rings. The van der Waals surface area contributed by atoms with Crippen molar-refractivity contribution in [2.45, 2.75) is 18.7 Å². The lowest BCUT2D eigenvalue weighted by molar-refractivity contribution is -0.114. The smallest absolute Gasteiger partial charge is 0.264 e. The normalized spacial score (nSPS) is 11.2. The van der Waals surface area contributed by atoms with E-state index in [1.165, 1.54) is 46.8 Å². The average Bonchev–Trinajstić information content (AvgIpc) is 3.21. The van der Waals surface area contributed by atoms with Crippen molar-refractivity contribution in [3.8, 4) is 0 Å². The Hall–Kier alpha value is -3.76. The van der Waals surface area contributed by atoms with Crippen LogP contribution in [0, 0.1) is 0 Å². The Balaban J connectivity index is 1.51. The lowest BCUT2D eigenvalue weighted by atomic mass is 10.2. The molecule has 10 heteroatoms. The van der Waals surface area contributed by atoms with E-state index in [-0.39, 0.29) is 17.3 Å². The standard InChI is InChI=1S/C24H22N4O4S2/c1-3-28(19-7-5-4-6-8-19)34(31,32)20-12-9-17(10-13-20)23(30)27-24-26-21-14-11-18(25-16(2)29)15-22(21)33-24/h4-15H,3H2,1-2H3,(H,25,29)(H,26,27,30). The third-order valence-corrected chi connectivity index (χ3v) is 7.82. The number of hydrogen-bond donors (Lipinski definition) is 2. The predicted octanol–water partition coefficient (Wildman–Crippen LogP) is 4.72. The molecule has 0 spiro atoms. The molecule has 174 valence electrons. The maximum Gasteiger partial charge on any atom is 0.264 e. The van der Waals surface area contributed by atoms with Crippen molar-refractivity contribution in [2.75, 3.05) is 21.5 Å². The molecule has 2 N–H and O–H groups in total. The predicted molar refractivity (Wildman–Crippen MR) is 135 cm³/mol. The number of carbonyl (C=O) groups is 2. The summed E-state index contributed by atoms with van der Waals surface area (Å²) >= 11 is 1.28. The molecule has 2 amide bonds. The molecule has 0 bridgehead atoms. The molecule has 1 aromatic heterocycles. The highest BCUT2D eigenvalue weighted by Gasteiger charge is 2.23. The molecule has 4 aromatic rings. The van der Waals surface area contributed by atoms with Crippen LogP contribution < -0.4 is 14.9 Å². The van der Waals surface area contributed by atoms with E-state index in [1.807, 2.05) is 6.07 Å². The first kappa shape index (κ1) is 23.4. The van der Waals surface area contributed by atoms with E-state index in [4.69, 9.17) is 0 Å². The Kier molecular flexibility index (Phi) is 6.62. The van der Waals surface area contributed by atoms with Gasteiger partial charge in [-0.25, -0.2) is 13.4 Å². The van der Waals surface area contributed by atoms with E-state index in [0.29, 0.717) is 27.6 Å². The van der Waals surface area contributed by atoms with Crippen LogP contribution in [0.2, 0.25) is 0 Å². The molecule has 3 aromatic carbocycles. The van der Waals surface area contributed by atoms with E-state index in [9.17, 15) is 18.0 Å². The van der Waals surface area contributed by atoms with E-state index in [1.54, 1.807) is 49.4 Å². The van der Waals surface area contributed by atoms with Gasteiger partial charge in [-0.3, -0.25) is 19.2 Å². The molecule has 0 unspecified atom stereocenters. The number of benzene rings is 3. The maximum absolute atomic E-state index is 13.1. The number of rotatable bonds is 7. The first-order chi connectivity index (χ1) is 16.3. The van der Waals surface area contributed by atoms with Gasteiger partial charge in [-0.2, -0.15) is 0 Å². The van der Waals surface area contributed by atoms with Crippen molar-refractivity contribution in [3.05, 3.63) is 78.4 Å². The SMILES string of the molecule is CCN(c1ccccc1)S(=O)(=O)c1ccc(C(=O)Nc2nc3ccc(NC(C)=O)cc3s2)cc1. The maximum atomic E-state index is 13.1. The van der Waals surface area contributed by atoms with Crippen molar-refractivity contribution in [1.82, 2.24) is 4.98 Å². The van der Waals surface area contributed by atoms with Crippen LogP contribution in [0.3, 0.4) is 0 Å². The quantitative estimate of drug-likeness (QED) is 0.386. The minimum atomic E-state index is -3.77. The van der Waals surface area contributed by atoms with E-state index in [2.05, 4.69) is 15.6 Å². The second-order valence-electron chi connectivity index (χ2n) is 7.37. The molecule has 0 aliphatic heterocycles. The fraction of sp³-hybridized carbons (Fsp3) is 0.125. The van der Waals surface area contributed by atoms with Crippen molar-refractivity contribution in [1.29, 1.82) is 0 Å². The summed E-state index contributed by atoms with van der Waals surface area (Å²) in [6, 6.07) is 19.9. The zero-order chi connectivity index (χ0) is 24.3. The Morgan fingerprint density at radius 2 is 1.68 bits per heavy atom. The minimum Gasteiger partial charge on any atom is -0.326 e. The summed E-state index contributed by atoms with van der Waals surface area (Å²) in [6.07, 6.45) is 0. The van der Waals surface area contributed by atoms with Gasteiger partial charge in [-0.15, -0.1) is 0 Å². The van der Waals surface area contributed by atoms with Gasteiger partial charge in [0.25, 0.3) is 15.9 Å². The van der Waals surface area contributed by atoms with Crippen LogP contribution in [0.25, 0.3) is 10.2 Å². The Morgan fingerprint density at radius 1 is 0.971 bits per heavy atom. The van der Waals surface area contributed by atoms with E-state index >= 15 is 0 Å². The Morgan fingerprint density at radius 3 is 2.32 bits per heavy atom. The molecular formula is C24H22N4O4S2. The minimum absolute atomic E-state index is 0.0974. The molecule has 0 aliphatic rings. The molecule has 4 rings (SSSR count). The van der Waals surface area contributed by atoms with Gasteiger partial charge in [0.2, 0.25) is 5.91 Å². The monoisotopic (exact) mass is 494 g/mol. The molecular weight excluding hydrogens is 472 g/mol. The summed E-state index contributed by atoms with van der Waals surface area (Å²) in [7, 11) is -3.77. The molecule has 0 radical (unpaired) electrons. The molecule has 34 heavy (non-hydrogen) atoms. The number of nitrogens with zero attached hydrogens (tertiary/aromatic N) is 2. The highest BCUT2D eigenvalue weighted by molar-refractivity contribution is 7.92. The highest BCUT2D eigenvalue weighted by Crippen LogP contribution is 2.29. The van der Waals surface area contributed by atoms with Crippen molar-refractivity contribution < 1.29 is 18.0 Å². The van der Waals surface area contributed by atoms with E-state index < -0.39 is 15.9 Å². The van der Waals surface area contributed by atoms with Gasteiger partial charge in [0.1, 0.15) is 0 Å². The fourth-order valence-electron chi connectivity index (χ4n) is 3.42. The van der Waals surface area contributed by atoms with Crippen LogP contribution in [-0.2, 0) is 14.8 Å². The van der Waals surface area contributed by atoms with Crippen LogP contribution in [0.15, 0.2) is 77.7 Å². The van der Waals surface area contributed by atoms with Crippen molar-refractivity contribution in [3.63, 3.8) is 0 Å². The number of anilines is 3. The van der Waals surface area contributed by atoms with Gasteiger partial charge >= 0.3 is 0 Å². The Labute approximate surface area is 201 Å². The number of carbonyl (C=O) groups excluding carboxylic acids is 2. The number of hydrogen-bond acceptors (Lipinski definition) is 6. The zero-order valence-electron chi connectivity index (χ0n) is 18.5. The highest BCUT2D eigenvalue weighted by atomic mass is 32.2. The topological polar surface area (TPSA) is 108 Å².